The number of para-hydroxylation sites is 1. The summed E-state index contributed by atoms with van der Waals surface area (Å²) in [7, 11) is 1.54. The lowest BCUT2D eigenvalue weighted by Gasteiger charge is -2.14. The van der Waals surface area contributed by atoms with Gasteiger partial charge in [-0.15, -0.1) is 0 Å². The SMILES string of the molecule is CCNC(=NCc1cccc(OC)c1O)NCc1ccccc1Cn1cccn1. The van der Waals surface area contributed by atoms with E-state index >= 15 is 0 Å². The molecule has 3 aromatic rings. The van der Waals surface area contributed by atoms with Gasteiger partial charge in [0.05, 0.1) is 20.2 Å². The number of hydrogen-bond acceptors (Lipinski definition) is 4. The van der Waals surface area contributed by atoms with Gasteiger partial charge in [-0.3, -0.25) is 4.68 Å². The van der Waals surface area contributed by atoms with Gasteiger partial charge in [-0.2, -0.15) is 5.10 Å². The number of nitrogens with zero attached hydrogens (tertiary/aromatic N) is 3. The van der Waals surface area contributed by atoms with Gasteiger partial charge in [0, 0.05) is 31.0 Å². The number of benzene rings is 2. The third-order valence-corrected chi connectivity index (χ3v) is 4.51. The summed E-state index contributed by atoms with van der Waals surface area (Å²) in [6.07, 6.45) is 3.74. The molecule has 0 bridgehead atoms. The normalized spacial score (nSPS) is 11.3. The summed E-state index contributed by atoms with van der Waals surface area (Å²) in [5, 5.41) is 21.2. The molecule has 3 rings (SSSR count). The van der Waals surface area contributed by atoms with E-state index in [0.717, 1.165) is 13.1 Å². The number of guanidine groups is 1. The maximum Gasteiger partial charge on any atom is 0.191 e. The molecule has 7 nitrogen and oxygen atoms in total. The number of rotatable bonds is 8. The molecule has 0 saturated heterocycles. The Hall–Kier alpha value is -3.48. The van der Waals surface area contributed by atoms with E-state index in [9.17, 15) is 5.11 Å². The molecule has 0 atom stereocenters. The number of methoxy groups -OCH3 is 1. The molecule has 0 radical (unpaired) electrons. The first-order valence-corrected chi connectivity index (χ1v) is 9.62. The number of aliphatic imine (C=N–C) groups is 1. The highest BCUT2D eigenvalue weighted by atomic mass is 16.5. The first kappa shape index (κ1) is 20.3. The van der Waals surface area contributed by atoms with Gasteiger partial charge in [0.15, 0.2) is 17.5 Å². The van der Waals surface area contributed by atoms with Crippen LogP contribution in [0.5, 0.6) is 11.5 Å². The van der Waals surface area contributed by atoms with Crippen molar-refractivity contribution in [2.24, 2.45) is 4.99 Å². The van der Waals surface area contributed by atoms with Crippen molar-refractivity contribution in [2.45, 2.75) is 26.6 Å². The van der Waals surface area contributed by atoms with Gasteiger partial charge in [0.2, 0.25) is 0 Å². The minimum atomic E-state index is 0.124. The fourth-order valence-corrected chi connectivity index (χ4v) is 3.00. The van der Waals surface area contributed by atoms with Crippen LogP contribution in [-0.4, -0.2) is 34.5 Å². The second-order valence-corrected chi connectivity index (χ2v) is 6.49. The predicted octanol–water partition coefficient (Wildman–Crippen LogP) is 2.90. The zero-order valence-corrected chi connectivity index (χ0v) is 16.8. The Balaban J connectivity index is 1.69. The largest absolute Gasteiger partial charge is 0.504 e. The van der Waals surface area contributed by atoms with Gasteiger partial charge in [-0.1, -0.05) is 36.4 Å². The molecule has 0 aliphatic heterocycles. The standard InChI is InChI=1S/C22H27N5O2/c1-3-23-22(25-15-18-10-6-11-20(29-2)21(18)28)24-14-17-8-4-5-9-19(17)16-27-13-7-12-26-27/h4-13,28H,3,14-16H2,1-2H3,(H2,23,24,25). The molecule has 1 aromatic heterocycles. The maximum absolute atomic E-state index is 10.3. The second-order valence-electron chi connectivity index (χ2n) is 6.49. The van der Waals surface area contributed by atoms with E-state index in [0.29, 0.717) is 30.4 Å². The molecular weight excluding hydrogens is 366 g/mol. The van der Waals surface area contributed by atoms with E-state index in [4.69, 9.17) is 4.74 Å². The highest BCUT2D eigenvalue weighted by Crippen LogP contribution is 2.29. The molecule has 0 spiro atoms. The Kier molecular flexibility index (Phi) is 7.10. The van der Waals surface area contributed by atoms with E-state index in [-0.39, 0.29) is 5.75 Å². The van der Waals surface area contributed by atoms with Crippen LogP contribution in [0.1, 0.15) is 23.6 Å². The zero-order valence-electron chi connectivity index (χ0n) is 16.8. The van der Waals surface area contributed by atoms with Crippen molar-refractivity contribution >= 4 is 5.96 Å². The quantitative estimate of drug-likeness (QED) is 0.405. The zero-order chi connectivity index (χ0) is 20.5. The minimum Gasteiger partial charge on any atom is -0.504 e. The summed E-state index contributed by atoms with van der Waals surface area (Å²) in [5.41, 5.74) is 3.09. The van der Waals surface area contributed by atoms with E-state index in [1.807, 2.05) is 48.1 Å². The predicted molar refractivity (Wildman–Crippen MR) is 114 cm³/mol. The summed E-state index contributed by atoms with van der Waals surface area (Å²) in [6, 6.07) is 15.6. The Morgan fingerprint density at radius 2 is 1.86 bits per heavy atom. The van der Waals surface area contributed by atoms with Gasteiger partial charge < -0.3 is 20.5 Å². The van der Waals surface area contributed by atoms with Crippen LogP contribution in [0.2, 0.25) is 0 Å². The van der Waals surface area contributed by atoms with E-state index < -0.39 is 0 Å². The maximum atomic E-state index is 10.3. The Morgan fingerprint density at radius 3 is 2.59 bits per heavy atom. The van der Waals surface area contributed by atoms with Crippen LogP contribution in [0.15, 0.2) is 65.9 Å². The summed E-state index contributed by atoms with van der Waals surface area (Å²) in [5.74, 6) is 1.26. The number of phenolic OH excluding ortho intramolecular Hbond substituents is 1. The topological polar surface area (TPSA) is 83.7 Å². The Labute approximate surface area is 171 Å². The van der Waals surface area contributed by atoms with Gasteiger partial charge in [0.25, 0.3) is 0 Å². The third-order valence-electron chi connectivity index (χ3n) is 4.51. The number of phenols is 1. The molecule has 29 heavy (non-hydrogen) atoms. The van der Waals surface area contributed by atoms with Crippen molar-refractivity contribution < 1.29 is 9.84 Å². The molecule has 3 N–H and O–H groups in total. The number of aromatic hydroxyl groups is 1. The number of ether oxygens (including phenoxy) is 1. The molecule has 0 fully saturated rings. The molecule has 1 heterocycles. The molecule has 7 heteroatoms. The molecule has 0 amide bonds. The second kappa shape index (κ2) is 10.2. The van der Waals surface area contributed by atoms with Crippen molar-refractivity contribution in [3.05, 3.63) is 77.6 Å². The average molecular weight is 393 g/mol. The van der Waals surface area contributed by atoms with Crippen LogP contribution >= 0.6 is 0 Å². The van der Waals surface area contributed by atoms with Crippen LogP contribution in [0, 0.1) is 0 Å². The number of hydrogen-bond donors (Lipinski definition) is 3. The molecule has 0 saturated carbocycles. The van der Waals surface area contributed by atoms with Crippen molar-refractivity contribution in [1.29, 1.82) is 0 Å². The van der Waals surface area contributed by atoms with Crippen LogP contribution in [-0.2, 0) is 19.6 Å². The first-order valence-electron chi connectivity index (χ1n) is 9.62. The lowest BCUT2D eigenvalue weighted by atomic mass is 10.1. The summed E-state index contributed by atoms with van der Waals surface area (Å²) < 4.78 is 7.07. The Morgan fingerprint density at radius 1 is 1.07 bits per heavy atom. The summed E-state index contributed by atoms with van der Waals surface area (Å²) in [6.45, 7) is 4.45. The molecule has 152 valence electrons. The minimum absolute atomic E-state index is 0.124. The van der Waals surface area contributed by atoms with Gasteiger partial charge in [0.1, 0.15) is 0 Å². The van der Waals surface area contributed by atoms with Gasteiger partial charge >= 0.3 is 0 Å². The molecule has 0 aliphatic rings. The van der Waals surface area contributed by atoms with Crippen molar-refractivity contribution in [3.63, 3.8) is 0 Å². The highest BCUT2D eigenvalue weighted by Gasteiger charge is 2.08. The Bertz CT molecular complexity index is 938. The van der Waals surface area contributed by atoms with Crippen LogP contribution < -0.4 is 15.4 Å². The van der Waals surface area contributed by atoms with Crippen LogP contribution in [0.25, 0.3) is 0 Å². The van der Waals surface area contributed by atoms with Crippen molar-refractivity contribution in [3.8, 4) is 11.5 Å². The molecule has 2 aromatic carbocycles. The van der Waals surface area contributed by atoms with Crippen LogP contribution in [0.4, 0.5) is 0 Å². The lowest BCUT2D eigenvalue weighted by Crippen LogP contribution is -2.37. The fraction of sp³-hybridized carbons (Fsp3) is 0.273. The molecule has 0 unspecified atom stereocenters. The van der Waals surface area contributed by atoms with E-state index in [1.54, 1.807) is 12.3 Å². The number of nitrogens with one attached hydrogen (secondary N) is 2. The van der Waals surface area contributed by atoms with Crippen molar-refractivity contribution in [1.82, 2.24) is 20.4 Å². The highest BCUT2D eigenvalue weighted by molar-refractivity contribution is 5.79. The smallest absolute Gasteiger partial charge is 0.191 e. The average Bonchev–Trinajstić information content (AvgIpc) is 3.25. The van der Waals surface area contributed by atoms with E-state index in [1.165, 1.54) is 18.2 Å². The molecule has 0 aliphatic carbocycles. The lowest BCUT2D eigenvalue weighted by molar-refractivity contribution is 0.370. The fourth-order valence-electron chi connectivity index (χ4n) is 3.00. The van der Waals surface area contributed by atoms with Crippen LogP contribution in [0.3, 0.4) is 0 Å². The summed E-state index contributed by atoms with van der Waals surface area (Å²) >= 11 is 0. The van der Waals surface area contributed by atoms with E-state index in [2.05, 4.69) is 32.9 Å². The van der Waals surface area contributed by atoms with Gasteiger partial charge in [-0.25, -0.2) is 4.99 Å². The third kappa shape index (κ3) is 5.51. The first-order chi connectivity index (χ1) is 14.2. The monoisotopic (exact) mass is 393 g/mol. The number of aromatic nitrogens is 2. The van der Waals surface area contributed by atoms with Crippen molar-refractivity contribution in [2.75, 3.05) is 13.7 Å². The summed E-state index contributed by atoms with van der Waals surface area (Å²) in [4.78, 5) is 4.60. The van der Waals surface area contributed by atoms with Gasteiger partial charge in [-0.05, 0) is 30.2 Å². The molecular formula is C22H27N5O2.